The minimum Gasteiger partial charge on any atom is -0.377 e. The number of rotatable bonds is 17. The normalized spacial score (nSPS) is 14.2. The molecular formula is C18H42O6Si2. The van der Waals surface area contributed by atoms with Gasteiger partial charge < -0.3 is 26.6 Å². The van der Waals surface area contributed by atoms with Gasteiger partial charge in [0.05, 0.1) is 0 Å². The van der Waals surface area contributed by atoms with Crippen molar-refractivity contribution in [1.82, 2.24) is 0 Å². The molecule has 0 aromatic heterocycles. The quantitative estimate of drug-likeness (QED) is 0.332. The summed E-state index contributed by atoms with van der Waals surface area (Å²) in [7, 11) is 5.16. The summed E-state index contributed by atoms with van der Waals surface area (Å²) in [5, 5.41) is 0. The van der Waals surface area contributed by atoms with Gasteiger partial charge in [-0.3, -0.25) is 0 Å². The lowest BCUT2D eigenvalue weighted by atomic mass is 9.88. The van der Waals surface area contributed by atoms with Crippen LogP contribution in [-0.4, -0.2) is 60.3 Å². The van der Waals surface area contributed by atoms with Gasteiger partial charge in [-0.2, -0.15) is 0 Å². The molecule has 0 rings (SSSR count). The third-order valence-corrected chi connectivity index (χ3v) is 11.2. The molecule has 0 aliphatic carbocycles. The standard InChI is InChI=1S/C18H42O6Si2/c1-9-17(2)16-18(12-10-14-25(19-3,20-4)21-5)13-11-15-26(22-6,23-7)24-8/h17-18H,9-16H2,1-8H3. The molecule has 1 unspecified atom stereocenters. The van der Waals surface area contributed by atoms with Crippen LogP contribution < -0.4 is 0 Å². The van der Waals surface area contributed by atoms with Crippen LogP contribution in [0.4, 0.5) is 0 Å². The van der Waals surface area contributed by atoms with E-state index in [9.17, 15) is 0 Å². The van der Waals surface area contributed by atoms with Gasteiger partial charge in [-0.1, -0.05) is 33.1 Å². The fraction of sp³-hybridized carbons (Fsp3) is 1.00. The van der Waals surface area contributed by atoms with Gasteiger partial charge >= 0.3 is 17.6 Å². The van der Waals surface area contributed by atoms with Crippen molar-refractivity contribution in [2.75, 3.05) is 42.7 Å². The Morgan fingerprint density at radius 2 is 1.00 bits per heavy atom. The van der Waals surface area contributed by atoms with Crippen molar-refractivity contribution in [3.63, 3.8) is 0 Å². The van der Waals surface area contributed by atoms with Gasteiger partial charge in [0.15, 0.2) is 0 Å². The summed E-state index contributed by atoms with van der Waals surface area (Å²) in [6, 6.07) is 1.72. The minimum absolute atomic E-state index is 0.680. The van der Waals surface area contributed by atoms with Crippen molar-refractivity contribution in [2.45, 2.75) is 64.5 Å². The Morgan fingerprint density at radius 3 is 1.27 bits per heavy atom. The van der Waals surface area contributed by atoms with E-state index in [0.29, 0.717) is 5.92 Å². The zero-order valence-corrected chi connectivity index (χ0v) is 20.3. The van der Waals surface area contributed by atoms with E-state index in [-0.39, 0.29) is 0 Å². The summed E-state index contributed by atoms with van der Waals surface area (Å²) in [5.41, 5.74) is 0. The van der Waals surface area contributed by atoms with Gasteiger partial charge in [0.1, 0.15) is 0 Å². The lowest BCUT2D eigenvalue weighted by molar-refractivity contribution is 0.121. The van der Waals surface area contributed by atoms with Crippen LogP contribution >= 0.6 is 0 Å². The maximum absolute atomic E-state index is 5.54. The highest BCUT2D eigenvalue weighted by atomic mass is 28.4. The van der Waals surface area contributed by atoms with Crippen LogP contribution in [0.15, 0.2) is 0 Å². The predicted octanol–water partition coefficient (Wildman–Crippen LogP) is 4.36. The highest BCUT2D eigenvalue weighted by Crippen LogP contribution is 2.29. The maximum Gasteiger partial charge on any atom is 0.500 e. The summed E-state index contributed by atoms with van der Waals surface area (Å²) in [6.45, 7) is 4.60. The highest BCUT2D eigenvalue weighted by molar-refractivity contribution is 6.60. The Kier molecular flexibility index (Phi) is 14.3. The summed E-state index contributed by atoms with van der Waals surface area (Å²) in [5.74, 6) is 1.42. The molecule has 6 nitrogen and oxygen atoms in total. The first-order valence-electron chi connectivity index (χ1n) is 9.71. The topological polar surface area (TPSA) is 55.4 Å². The van der Waals surface area contributed by atoms with Crippen LogP contribution in [0.1, 0.15) is 52.4 Å². The SMILES string of the molecule is CCC(C)CC(CCC[Si](OC)(OC)OC)CCC[Si](OC)(OC)OC. The average molecular weight is 411 g/mol. The molecule has 0 amide bonds. The average Bonchev–Trinajstić information content (AvgIpc) is 2.69. The van der Waals surface area contributed by atoms with E-state index >= 15 is 0 Å². The zero-order chi connectivity index (χ0) is 20.1. The predicted molar refractivity (Wildman–Crippen MR) is 109 cm³/mol. The lowest BCUT2D eigenvalue weighted by Crippen LogP contribution is -2.42. The molecule has 1 atom stereocenters. The first kappa shape index (κ1) is 26.2. The monoisotopic (exact) mass is 410 g/mol. The second-order valence-corrected chi connectivity index (χ2v) is 13.2. The van der Waals surface area contributed by atoms with Crippen molar-refractivity contribution in [3.8, 4) is 0 Å². The molecule has 0 aromatic rings. The van der Waals surface area contributed by atoms with Gasteiger partial charge in [0.25, 0.3) is 0 Å². The summed E-state index contributed by atoms with van der Waals surface area (Å²) in [6.07, 6.45) is 6.91. The summed E-state index contributed by atoms with van der Waals surface area (Å²) < 4.78 is 33.2. The van der Waals surface area contributed by atoms with Crippen LogP contribution in [0.25, 0.3) is 0 Å². The molecule has 0 aliphatic rings. The Hall–Kier alpha value is 0.194. The Balaban J connectivity index is 4.62. The van der Waals surface area contributed by atoms with Crippen LogP contribution in [0.2, 0.25) is 12.1 Å². The van der Waals surface area contributed by atoms with E-state index in [1.165, 1.54) is 12.8 Å². The van der Waals surface area contributed by atoms with Crippen LogP contribution in [-0.2, 0) is 26.6 Å². The fourth-order valence-corrected chi connectivity index (χ4v) is 6.94. The van der Waals surface area contributed by atoms with E-state index in [1.807, 2.05) is 0 Å². The largest absolute Gasteiger partial charge is 0.500 e. The molecule has 0 heterocycles. The molecular weight excluding hydrogens is 368 g/mol. The van der Waals surface area contributed by atoms with E-state index in [4.69, 9.17) is 26.6 Å². The van der Waals surface area contributed by atoms with Crippen molar-refractivity contribution >= 4 is 17.6 Å². The number of hydrogen-bond acceptors (Lipinski definition) is 6. The maximum atomic E-state index is 5.54. The smallest absolute Gasteiger partial charge is 0.377 e. The van der Waals surface area contributed by atoms with Gasteiger partial charge in [0, 0.05) is 54.7 Å². The van der Waals surface area contributed by atoms with Crippen molar-refractivity contribution < 1.29 is 26.6 Å². The highest BCUT2D eigenvalue weighted by Gasteiger charge is 2.38. The first-order valence-corrected chi connectivity index (χ1v) is 13.6. The van der Waals surface area contributed by atoms with Crippen LogP contribution in [0.5, 0.6) is 0 Å². The van der Waals surface area contributed by atoms with Gasteiger partial charge in [0.2, 0.25) is 0 Å². The van der Waals surface area contributed by atoms with Gasteiger partial charge in [-0.15, -0.1) is 0 Å². The molecule has 158 valence electrons. The first-order chi connectivity index (χ1) is 12.4. The molecule has 0 spiro atoms. The Morgan fingerprint density at radius 1 is 0.654 bits per heavy atom. The Labute approximate surface area is 163 Å². The van der Waals surface area contributed by atoms with Crippen molar-refractivity contribution in [2.24, 2.45) is 11.8 Å². The summed E-state index contributed by atoms with van der Waals surface area (Å²) in [4.78, 5) is 0. The molecule has 0 fully saturated rings. The van der Waals surface area contributed by atoms with Crippen molar-refractivity contribution in [3.05, 3.63) is 0 Å². The van der Waals surface area contributed by atoms with Crippen LogP contribution in [0, 0.1) is 11.8 Å². The van der Waals surface area contributed by atoms with E-state index in [2.05, 4.69) is 13.8 Å². The van der Waals surface area contributed by atoms with E-state index in [1.54, 1.807) is 42.7 Å². The minimum atomic E-state index is -2.46. The van der Waals surface area contributed by atoms with E-state index in [0.717, 1.165) is 43.7 Å². The lowest BCUT2D eigenvalue weighted by Gasteiger charge is -2.27. The molecule has 0 radical (unpaired) electrons. The van der Waals surface area contributed by atoms with Gasteiger partial charge in [-0.05, 0) is 31.1 Å². The van der Waals surface area contributed by atoms with Crippen molar-refractivity contribution in [1.29, 1.82) is 0 Å². The fourth-order valence-electron chi connectivity index (χ4n) is 3.44. The van der Waals surface area contributed by atoms with Gasteiger partial charge in [-0.25, -0.2) is 0 Å². The molecule has 0 aromatic carbocycles. The number of hydrogen-bond donors (Lipinski definition) is 0. The second-order valence-electron chi connectivity index (χ2n) is 6.99. The molecule has 0 aliphatic heterocycles. The van der Waals surface area contributed by atoms with E-state index < -0.39 is 17.6 Å². The third-order valence-electron chi connectivity index (χ3n) is 5.49. The molecule has 8 heteroatoms. The van der Waals surface area contributed by atoms with Crippen LogP contribution in [0.3, 0.4) is 0 Å². The molecule has 26 heavy (non-hydrogen) atoms. The second kappa shape index (κ2) is 14.2. The molecule has 0 N–H and O–H groups in total. The zero-order valence-electron chi connectivity index (χ0n) is 18.3. The Bertz CT molecular complexity index is 295. The molecule has 0 saturated heterocycles. The molecule has 0 saturated carbocycles. The summed E-state index contributed by atoms with van der Waals surface area (Å²) >= 11 is 0. The third kappa shape index (κ3) is 8.92. The molecule has 0 bridgehead atoms.